The third kappa shape index (κ3) is 6.38. The van der Waals surface area contributed by atoms with Crippen LogP contribution < -0.4 is 44.7 Å². The summed E-state index contributed by atoms with van der Waals surface area (Å²) < 4.78 is 6.73. The first-order valence-corrected chi connectivity index (χ1v) is 13.5. The second-order valence-electron chi connectivity index (χ2n) is 9.46. The number of fused-ring (bicyclic) bond motifs is 4. The fourth-order valence-corrected chi connectivity index (χ4v) is 6.19. The monoisotopic (exact) mass is 580 g/mol. The lowest BCUT2D eigenvalue weighted by atomic mass is 10.2. The summed E-state index contributed by atoms with van der Waals surface area (Å²) in [6.45, 7) is 4.24. The summed E-state index contributed by atoms with van der Waals surface area (Å²) in [6.07, 6.45) is 0. The smallest absolute Gasteiger partial charge is 0.201 e. The molecule has 2 aromatic rings. The van der Waals surface area contributed by atoms with E-state index >= 15 is 0 Å². The van der Waals surface area contributed by atoms with Crippen LogP contribution in [0, 0.1) is 13.8 Å². The average molecular weight is 582 g/mol. The first-order valence-electron chi connectivity index (χ1n) is 11.9. The molecule has 0 fully saturated rings. The van der Waals surface area contributed by atoms with Gasteiger partial charge in [0.2, 0.25) is 10.7 Å². The number of rotatable bonds is 0. The molecule has 196 valence electrons. The number of hydrogen-bond donors (Lipinski definition) is 0. The Morgan fingerprint density at radius 3 is 1.29 bits per heavy atom. The molecule has 0 spiro atoms. The van der Waals surface area contributed by atoms with Gasteiger partial charge in [-0.3, -0.25) is 0 Å². The Bertz CT molecular complexity index is 1680. The van der Waals surface area contributed by atoms with E-state index in [2.05, 4.69) is 124 Å². The van der Waals surface area contributed by atoms with Gasteiger partial charge in [0.05, 0.1) is 41.6 Å². The number of hydrogen-bond acceptors (Lipinski definition) is 4. The van der Waals surface area contributed by atoms with Crippen molar-refractivity contribution < 1.29 is 24.8 Å². The molecule has 0 unspecified atom stereocenters. The van der Waals surface area contributed by atoms with E-state index in [0.29, 0.717) is 0 Å². The zero-order valence-electron chi connectivity index (χ0n) is 22.3. The molecule has 4 aliphatic rings. The standard InChI is InChI=1S/2C15H15N2S.2ClH/c2*1-10-4-6-12-14(8-10)18-15-9-11(17(2)3)5-7-13(15)16-12;;/h2*4-9H,1-3H3;2*1H/q2*+1;;/p-2. The van der Waals surface area contributed by atoms with Crippen molar-refractivity contribution in [2.75, 3.05) is 28.2 Å². The Balaban J connectivity index is 0.000000200. The van der Waals surface area contributed by atoms with Crippen LogP contribution in [0.4, 0.5) is 0 Å². The Labute approximate surface area is 243 Å². The van der Waals surface area contributed by atoms with Crippen LogP contribution in [-0.4, -0.2) is 38.2 Å². The highest BCUT2D eigenvalue weighted by molar-refractivity contribution is 7.21. The van der Waals surface area contributed by atoms with Crippen molar-refractivity contribution >= 4 is 43.1 Å². The highest BCUT2D eigenvalue weighted by Crippen LogP contribution is 2.30. The van der Waals surface area contributed by atoms with Crippen LogP contribution in [0.5, 0.6) is 0 Å². The van der Waals surface area contributed by atoms with E-state index in [9.17, 15) is 0 Å². The molecule has 0 bridgehead atoms. The van der Waals surface area contributed by atoms with Gasteiger partial charge in [-0.05, 0) is 61.4 Å². The van der Waals surface area contributed by atoms with Gasteiger partial charge in [-0.15, -0.1) is 22.7 Å². The van der Waals surface area contributed by atoms with Crippen LogP contribution in [0.1, 0.15) is 11.1 Å². The molecule has 0 radical (unpaired) electrons. The summed E-state index contributed by atoms with van der Waals surface area (Å²) >= 11 is 3.62. The number of aromatic nitrogens is 2. The summed E-state index contributed by atoms with van der Waals surface area (Å²) in [6, 6.07) is 25.7. The summed E-state index contributed by atoms with van der Waals surface area (Å²) in [5.41, 5.74) is 6.86. The predicted molar refractivity (Wildman–Crippen MR) is 156 cm³/mol. The summed E-state index contributed by atoms with van der Waals surface area (Å²) in [5.74, 6) is 0. The van der Waals surface area contributed by atoms with Crippen LogP contribution >= 0.6 is 22.7 Å². The van der Waals surface area contributed by atoms with Gasteiger partial charge in [-0.25, -0.2) is 19.1 Å². The molecule has 0 saturated heterocycles. The highest BCUT2D eigenvalue weighted by Gasteiger charge is 2.09. The van der Waals surface area contributed by atoms with E-state index in [1.807, 2.05) is 22.7 Å². The van der Waals surface area contributed by atoms with Crippen molar-refractivity contribution in [2.45, 2.75) is 13.8 Å². The van der Waals surface area contributed by atoms with Gasteiger partial charge in [0.25, 0.3) is 0 Å². The molecule has 2 heterocycles. The van der Waals surface area contributed by atoms with Gasteiger partial charge >= 0.3 is 0 Å². The third-order valence-electron chi connectivity index (χ3n) is 6.07. The molecular weight excluding hydrogens is 551 g/mol. The first kappa shape index (κ1) is 29.7. The molecule has 2 aromatic carbocycles. The maximum absolute atomic E-state index is 4.71. The SMILES string of the molecule is Cc1ccc2nc3ccc(=[N+](C)C)cc-3sc2c1.Cc1ccc2nc3ccc(=[N+](C)C)cc-3sc2c1.[Cl-].[Cl-]. The van der Waals surface area contributed by atoms with Gasteiger partial charge < -0.3 is 24.8 Å². The largest absolute Gasteiger partial charge is 1.00 e. The maximum atomic E-state index is 4.71. The van der Waals surface area contributed by atoms with Crippen molar-refractivity contribution in [3.05, 3.63) is 94.6 Å². The van der Waals surface area contributed by atoms with Crippen molar-refractivity contribution in [1.82, 2.24) is 19.1 Å². The highest BCUT2D eigenvalue weighted by atomic mass is 35.5. The predicted octanol–water partition coefficient (Wildman–Crippen LogP) is -0.509. The minimum Gasteiger partial charge on any atom is -1.00 e. The zero-order valence-corrected chi connectivity index (χ0v) is 25.4. The Morgan fingerprint density at radius 1 is 0.526 bits per heavy atom. The van der Waals surface area contributed by atoms with E-state index in [-0.39, 0.29) is 24.8 Å². The van der Waals surface area contributed by atoms with Crippen molar-refractivity contribution in [3.63, 3.8) is 0 Å². The molecule has 2 aliphatic heterocycles. The molecule has 4 nitrogen and oxygen atoms in total. The summed E-state index contributed by atoms with van der Waals surface area (Å²) in [4.78, 5) is 11.9. The lowest BCUT2D eigenvalue weighted by molar-refractivity contribution is -0.001000. The molecule has 8 heteroatoms. The molecule has 0 amide bonds. The van der Waals surface area contributed by atoms with Crippen molar-refractivity contribution in [3.8, 4) is 21.1 Å². The fraction of sp³-hybridized carbons (Fsp3) is 0.200. The van der Waals surface area contributed by atoms with Gasteiger partial charge in [0, 0.05) is 24.3 Å². The quantitative estimate of drug-likeness (QED) is 0.179. The van der Waals surface area contributed by atoms with E-state index in [4.69, 9.17) is 9.97 Å². The minimum absolute atomic E-state index is 0. The minimum atomic E-state index is 0. The average Bonchev–Trinajstić information content (AvgIpc) is 2.85. The molecule has 0 saturated carbocycles. The number of nitrogens with zero attached hydrogens (tertiary/aromatic N) is 4. The Morgan fingerprint density at radius 2 is 0.921 bits per heavy atom. The first-order chi connectivity index (χ1) is 17.3. The molecule has 38 heavy (non-hydrogen) atoms. The Kier molecular flexibility index (Phi) is 9.60. The van der Waals surface area contributed by atoms with Crippen LogP contribution in [0.2, 0.25) is 0 Å². The number of benzene rings is 4. The summed E-state index contributed by atoms with van der Waals surface area (Å²) in [7, 11) is 8.24. The van der Waals surface area contributed by atoms with Crippen molar-refractivity contribution in [1.29, 1.82) is 0 Å². The molecule has 0 aromatic heterocycles. The Hall–Kier alpha value is -2.90. The zero-order chi connectivity index (χ0) is 25.4. The van der Waals surface area contributed by atoms with Crippen LogP contribution in [0.3, 0.4) is 0 Å². The van der Waals surface area contributed by atoms with Crippen LogP contribution in [0.25, 0.3) is 41.6 Å². The van der Waals surface area contributed by atoms with Gasteiger partial charge in [-0.2, -0.15) is 0 Å². The maximum Gasteiger partial charge on any atom is 0.201 e. The number of aryl methyl sites for hydroxylation is 2. The molecule has 6 rings (SSSR count). The van der Waals surface area contributed by atoms with E-state index in [0.717, 1.165) is 22.4 Å². The van der Waals surface area contributed by atoms with E-state index < -0.39 is 0 Å². The topological polar surface area (TPSA) is 31.8 Å². The van der Waals surface area contributed by atoms with E-state index in [1.165, 1.54) is 41.0 Å². The molecule has 0 atom stereocenters. The van der Waals surface area contributed by atoms with Gasteiger partial charge in [0.1, 0.15) is 28.2 Å². The lowest BCUT2D eigenvalue weighted by Crippen LogP contribution is -3.00. The normalized spacial score (nSPS) is 10.5. The molecule has 2 aliphatic carbocycles. The molecule has 0 N–H and O–H groups in total. The van der Waals surface area contributed by atoms with Gasteiger partial charge in [-0.1, -0.05) is 12.1 Å². The summed E-state index contributed by atoms with van der Waals surface area (Å²) in [5, 5.41) is 2.43. The molecular formula is C30H30Cl2N4S2. The lowest BCUT2D eigenvalue weighted by Gasteiger charge is -2.05. The van der Waals surface area contributed by atoms with Crippen LogP contribution in [-0.2, 0) is 0 Å². The third-order valence-corrected chi connectivity index (χ3v) is 8.26. The van der Waals surface area contributed by atoms with Crippen molar-refractivity contribution in [2.24, 2.45) is 0 Å². The van der Waals surface area contributed by atoms with Crippen LogP contribution in [0.15, 0.2) is 72.8 Å². The number of halogens is 2. The fourth-order valence-electron chi connectivity index (χ4n) is 4.00. The second kappa shape index (κ2) is 12.3. The van der Waals surface area contributed by atoms with Gasteiger partial charge in [0.15, 0.2) is 0 Å². The second-order valence-corrected chi connectivity index (χ2v) is 11.6. The van der Waals surface area contributed by atoms with E-state index in [1.54, 1.807) is 0 Å².